The molecule has 0 saturated heterocycles. The second-order valence-electron chi connectivity index (χ2n) is 4.72. The largest absolute Gasteiger partial charge is 0.399 e. The first kappa shape index (κ1) is 9.70. The van der Waals surface area contributed by atoms with Gasteiger partial charge in [0.25, 0.3) is 0 Å². The standard InChI is InChI=1S/C13H17N3/c1-9-15-12-8-10(14)6-7-13(12)16(9)11-4-2-3-5-11/h6-8,11H,2-5,14H2,1H3. The Labute approximate surface area is 95.3 Å². The molecule has 84 valence electrons. The second kappa shape index (κ2) is 3.51. The van der Waals surface area contributed by atoms with Gasteiger partial charge >= 0.3 is 0 Å². The molecule has 3 rings (SSSR count). The van der Waals surface area contributed by atoms with Crippen molar-refractivity contribution in [3.8, 4) is 0 Å². The van der Waals surface area contributed by atoms with Crippen molar-refractivity contribution in [2.24, 2.45) is 0 Å². The molecule has 0 aliphatic heterocycles. The Morgan fingerprint density at radius 3 is 2.81 bits per heavy atom. The smallest absolute Gasteiger partial charge is 0.106 e. The average Bonchev–Trinajstić information content (AvgIpc) is 2.83. The fourth-order valence-electron chi connectivity index (χ4n) is 2.86. The molecular formula is C13H17N3. The summed E-state index contributed by atoms with van der Waals surface area (Å²) in [7, 11) is 0. The number of nitrogen functional groups attached to an aromatic ring is 1. The number of benzene rings is 1. The van der Waals surface area contributed by atoms with Crippen LogP contribution in [0.4, 0.5) is 5.69 Å². The minimum absolute atomic E-state index is 0.647. The van der Waals surface area contributed by atoms with Gasteiger partial charge in [-0.3, -0.25) is 0 Å². The number of rotatable bonds is 1. The summed E-state index contributed by atoms with van der Waals surface area (Å²) < 4.78 is 2.39. The van der Waals surface area contributed by atoms with E-state index in [1.165, 1.54) is 31.2 Å². The van der Waals surface area contributed by atoms with Gasteiger partial charge in [-0.05, 0) is 38.0 Å². The van der Waals surface area contributed by atoms with Crippen molar-refractivity contribution in [3.05, 3.63) is 24.0 Å². The normalized spacial score (nSPS) is 17.3. The van der Waals surface area contributed by atoms with E-state index in [0.717, 1.165) is 17.0 Å². The lowest BCUT2D eigenvalue weighted by Gasteiger charge is -2.14. The van der Waals surface area contributed by atoms with Gasteiger partial charge in [-0.2, -0.15) is 0 Å². The third kappa shape index (κ3) is 1.39. The Kier molecular flexibility index (Phi) is 2.13. The lowest BCUT2D eigenvalue weighted by Crippen LogP contribution is -2.06. The van der Waals surface area contributed by atoms with E-state index in [1.807, 2.05) is 12.1 Å². The molecule has 1 heterocycles. The lowest BCUT2D eigenvalue weighted by atomic mass is 10.2. The lowest BCUT2D eigenvalue weighted by molar-refractivity contribution is 0.520. The topological polar surface area (TPSA) is 43.8 Å². The van der Waals surface area contributed by atoms with Crippen LogP contribution in [0.25, 0.3) is 11.0 Å². The highest BCUT2D eigenvalue weighted by Gasteiger charge is 2.20. The van der Waals surface area contributed by atoms with Gasteiger partial charge in [0.2, 0.25) is 0 Å². The van der Waals surface area contributed by atoms with Crippen LogP contribution < -0.4 is 5.73 Å². The molecule has 3 nitrogen and oxygen atoms in total. The third-order valence-electron chi connectivity index (χ3n) is 3.58. The predicted molar refractivity (Wildman–Crippen MR) is 66.4 cm³/mol. The molecule has 1 aliphatic carbocycles. The molecule has 1 saturated carbocycles. The zero-order chi connectivity index (χ0) is 11.1. The monoisotopic (exact) mass is 215 g/mol. The Morgan fingerprint density at radius 1 is 1.31 bits per heavy atom. The second-order valence-corrected chi connectivity index (χ2v) is 4.72. The first-order chi connectivity index (χ1) is 7.75. The van der Waals surface area contributed by atoms with Crippen LogP contribution in [0.1, 0.15) is 37.5 Å². The van der Waals surface area contributed by atoms with Crippen molar-refractivity contribution in [2.75, 3.05) is 5.73 Å². The van der Waals surface area contributed by atoms with E-state index in [-0.39, 0.29) is 0 Å². The maximum Gasteiger partial charge on any atom is 0.106 e. The Morgan fingerprint density at radius 2 is 2.06 bits per heavy atom. The van der Waals surface area contributed by atoms with E-state index >= 15 is 0 Å². The third-order valence-corrected chi connectivity index (χ3v) is 3.58. The van der Waals surface area contributed by atoms with E-state index in [9.17, 15) is 0 Å². The highest BCUT2D eigenvalue weighted by Crippen LogP contribution is 2.33. The van der Waals surface area contributed by atoms with Crippen LogP contribution >= 0.6 is 0 Å². The first-order valence-electron chi connectivity index (χ1n) is 6.00. The van der Waals surface area contributed by atoms with Crippen molar-refractivity contribution in [1.82, 2.24) is 9.55 Å². The van der Waals surface area contributed by atoms with Gasteiger partial charge in [-0.1, -0.05) is 12.8 Å². The number of aryl methyl sites for hydroxylation is 1. The minimum Gasteiger partial charge on any atom is -0.399 e. The summed E-state index contributed by atoms with van der Waals surface area (Å²) in [6.45, 7) is 2.09. The summed E-state index contributed by atoms with van der Waals surface area (Å²) in [5, 5.41) is 0. The average molecular weight is 215 g/mol. The number of fused-ring (bicyclic) bond motifs is 1. The van der Waals surface area contributed by atoms with E-state index in [0.29, 0.717) is 6.04 Å². The molecule has 0 atom stereocenters. The fourth-order valence-corrected chi connectivity index (χ4v) is 2.86. The van der Waals surface area contributed by atoms with Gasteiger partial charge in [-0.25, -0.2) is 4.98 Å². The van der Waals surface area contributed by atoms with Crippen LogP contribution in [-0.4, -0.2) is 9.55 Å². The maximum absolute atomic E-state index is 5.79. The highest BCUT2D eigenvalue weighted by molar-refractivity contribution is 5.79. The number of imidazole rings is 1. The predicted octanol–water partition coefficient (Wildman–Crippen LogP) is 3.04. The number of hydrogen-bond acceptors (Lipinski definition) is 2. The molecule has 0 spiro atoms. The molecule has 16 heavy (non-hydrogen) atoms. The SMILES string of the molecule is Cc1nc2cc(N)ccc2n1C1CCCC1. The summed E-state index contributed by atoms with van der Waals surface area (Å²) in [5.41, 5.74) is 8.85. The van der Waals surface area contributed by atoms with Gasteiger partial charge < -0.3 is 10.3 Å². The van der Waals surface area contributed by atoms with Gasteiger partial charge in [0.05, 0.1) is 11.0 Å². The molecule has 2 N–H and O–H groups in total. The van der Waals surface area contributed by atoms with E-state index in [1.54, 1.807) is 0 Å². The van der Waals surface area contributed by atoms with Crippen molar-refractivity contribution < 1.29 is 0 Å². The molecule has 3 heteroatoms. The van der Waals surface area contributed by atoms with Gasteiger partial charge in [0, 0.05) is 11.7 Å². The molecule has 1 aromatic carbocycles. The van der Waals surface area contributed by atoms with Crippen molar-refractivity contribution >= 4 is 16.7 Å². The summed E-state index contributed by atoms with van der Waals surface area (Å²) in [6, 6.07) is 6.68. The van der Waals surface area contributed by atoms with Crippen molar-refractivity contribution in [3.63, 3.8) is 0 Å². The van der Waals surface area contributed by atoms with Crippen LogP contribution in [0.5, 0.6) is 0 Å². The molecule has 0 radical (unpaired) electrons. The highest BCUT2D eigenvalue weighted by atomic mass is 15.1. The van der Waals surface area contributed by atoms with Gasteiger partial charge in [0.15, 0.2) is 0 Å². The zero-order valence-electron chi connectivity index (χ0n) is 9.61. The van der Waals surface area contributed by atoms with Crippen LogP contribution in [0, 0.1) is 6.92 Å². The molecule has 0 bridgehead atoms. The molecule has 1 fully saturated rings. The maximum atomic E-state index is 5.79. The van der Waals surface area contributed by atoms with Crippen LogP contribution in [0.3, 0.4) is 0 Å². The van der Waals surface area contributed by atoms with E-state index in [2.05, 4.69) is 22.5 Å². The number of nitrogens with zero attached hydrogens (tertiary/aromatic N) is 2. The zero-order valence-corrected chi connectivity index (χ0v) is 9.61. The Hall–Kier alpha value is -1.51. The molecule has 2 aromatic rings. The summed E-state index contributed by atoms with van der Waals surface area (Å²) >= 11 is 0. The molecular weight excluding hydrogens is 198 g/mol. The fraction of sp³-hybridized carbons (Fsp3) is 0.462. The molecule has 0 amide bonds. The Balaban J connectivity index is 2.18. The number of anilines is 1. The van der Waals surface area contributed by atoms with Crippen LogP contribution in [-0.2, 0) is 0 Å². The van der Waals surface area contributed by atoms with Crippen LogP contribution in [0.15, 0.2) is 18.2 Å². The molecule has 1 aromatic heterocycles. The summed E-state index contributed by atoms with van der Waals surface area (Å²) in [6.07, 6.45) is 5.27. The molecule has 0 unspecified atom stereocenters. The first-order valence-corrected chi connectivity index (χ1v) is 6.00. The summed E-state index contributed by atoms with van der Waals surface area (Å²) in [4.78, 5) is 4.60. The number of aromatic nitrogens is 2. The quantitative estimate of drug-likeness (QED) is 0.743. The summed E-state index contributed by atoms with van der Waals surface area (Å²) in [5.74, 6) is 1.12. The van der Waals surface area contributed by atoms with Crippen molar-refractivity contribution in [2.45, 2.75) is 38.6 Å². The number of nitrogens with two attached hydrogens (primary N) is 1. The van der Waals surface area contributed by atoms with E-state index in [4.69, 9.17) is 5.73 Å². The van der Waals surface area contributed by atoms with Crippen LogP contribution in [0.2, 0.25) is 0 Å². The van der Waals surface area contributed by atoms with Gasteiger partial charge in [0.1, 0.15) is 5.82 Å². The Bertz CT molecular complexity index is 521. The number of hydrogen-bond donors (Lipinski definition) is 1. The molecule has 1 aliphatic rings. The van der Waals surface area contributed by atoms with Crippen molar-refractivity contribution in [1.29, 1.82) is 0 Å². The van der Waals surface area contributed by atoms with Gasteiger partial charge in [-0.15, -0.1) is 0 Å². The van der Waals surface area contributed by atoms with E-state index < -0.39 is 0 Å². The minimum atomic E-state index is 0.647.